The highest BCUT2D eigenvalue weighted by Crippen LogP contribution is 2.47. The third-order valence-corrected chi connectivity index (χ3v) is 5.91. The average molecular weight is 382 g/mol. The van der Waals surface area contributed by atoms with Gasteiger partial charge in [-0.1, -0.05) is 6.42 Å². The predicted molar refractivity (Wildman–Crippen MR) is 97.2 cm³/mol. The molecule has 1 heterocycles. The SMILES string of the molecule is COc1cc2c(OC3CCCCC3)c(C(=O)OC(C)C)[s+]([O-])c2cc1F. The summed E-state index contributed by atoms with van der Waals surface area (Å²) in [4.78, 5) is 12.5. The standard InChI is InChI=1S/C19H23FO5S/c1-11(2)24-19(21)18-17(25-12-7-5-4-6-8-12)13-9-15(23-3)14(20)10-16(13)26(18)22/h9-12H,4-8H2,1-3H3. The molecule has 5 nitrogen and oxygen atoms in total. The topological polar surface area (TPSA) is 67.8 Å². The molecule has 26 heavy (non-hydrogen) atoms. The summed E-state index contributed by atoms with van der Waals surface area (Å²) >= 11 is 0. The van der Waals surface area contributed by atoms with Crippen molar-refractivity contribution in [3.05, 3.63) is 22.8 Å². The molecule has 1 atom stereocenters. The number of thiophene rings is 1. The van der Waals surface area contributed by atoms with Gasteiger partial charge < -0.3 is 18.8 Å². The van der Waals surface area contributed by atoms with Crippen LogP contribution in [0.5, 0.6) is 11.5 Å². The largest absolute Gasteiger partial charge is 0.589 e. The fourth-order valence-electron chi connectivity index (χ4n) is 3.24. The van der Waals surface area contributed by atoms with Gasteiger partial charge in [-0.2, -0.15) is 0 Å². The quantitative estimate of drug-likeness (QED) is 0.538. The van der Waals surface area contributed by atoms with E-state index in [0.29, 0.717) is 5.39 Å². The molecule has 0 N–H and O–H groups in total. The zero-order valence-electron chi connectivity index (χ0n) is 15.2. The van der Waals surface area contributed by atoms with E-state index in [1.165, 1.54) is 13.2 Å². The number of halogens is 1. The number of rotatable bonds is 5. The van der Waals surface area contributed by atoms with Gasteiger partial charge in [-0.05, 0) is 56.3 Å². The number of carbonyl (C=O) groups excluding carboxylic acids is 1. The lowest BCUT2D eigenvalue weighted by Gasteiger charge is -2.22. The number of esters is 1. The van der Waals surface area contributed by atoms with E-state index in [0.717, 1.165) is 38.2 Å². The van der Waals surface area contributed by atoms with Gasteiger partial charge in [0, 0.05) is 6.07 Å². The Bertz CT molecular complexity index is 808. The van der Waals surface area contributed by atoms with Crippen LogP contribution in [-0.4, -0.2) is 29.8 Å². The maximum absolute atomic E-state index is 14.1. The van der Waals surface area contributed by atoms with E-state index in [-0.39, 0.29) is 33.3 Å². The maximum atomic E-state index is 14.1. The molecule has 1 fully saturated rings. The van der Waals surface area contributed by atoms with Crippen LogP contribution >= 0.6 is 10.8 Å². The first-order valence-corrected chi connectivity index (χ1v) is 9.99. The molecule has 1 aromatic carbocycles. The summed E-state index contributed by atoms with van der Waals surface area (Å²) < 4.78 is 43.6. The van der Waals surface area contributed by atoms with Gasteiger partial charge in [0.05, 0.1) is 24.7 Å². The van der Waals surface area contributed by atoms with Crippen LogP contribution in [0.15, 0.2) is 12.1 Å². The van der Waals surface area contributed by atoms with Crippen molar-refractivity contribution >= 4 is 26.8 Å². The maximum Gasteiger partial charge on any atom is 0.396 e. The van der Waals surface area contributed by atoms with Gasteiger partial charge >= 0.3 is 10.8 Å². The number of hydrogen-bond acceptors (Lipinski definition) is 5. The lowest BCUT2D eigenvalue weighted by atomic mass is 9.98. The second kappa shape index (κ2) is 7.80. The van der Waals surface area contributed by atoms with Gasteiger partial charge in [-0.25, -0.2) is 9.18 Å². The lowest BCUT2D eigenvalue weighted by Crippen LogP contribution is -2.21. The van der Waals surface area contributed by atoms with Gasteiger partial charge in [0.25, 0.3) is 0 Å². The van der Waals surface area contributed by atoms with Gasteiger partial charge in [-0.3, -0.25) is 0 Å². The normalized spacial score (nSPS) is 16.2. The van der Waals surface area contributed by atoms with Crippen LogP contribution in [0.1, 0.15) is 55.6 Å². The molecule has 2 aromatic rings. The third kappa shape index (κ3) is 3.64. The summed E-state index contributed by atoms with van der Waals surface area (Å²) in [6, 6.07) is 2.58. The van der Waals surface area contributed by atoms with Crippen molar-refractivity contribution in [2.75, 3.05) is 7.11 Å². The van der Waals surface area contributed by atoms with E-state index in [9.17, 15) is 13.7 Å². The highest BCUT2D eigenvalue weighted by Gasteiger charge is 2.34. The van der Waals surface area contributed by atoms with Crippen molar-refractivity contribution in [3.8, 4) is 11.5 Å². The molecule has 7 heteroatoms. The average Bonchev–Trinajstić information content (AvgIpc) is 2.86. The zero-order valence-corrected chi connectivity index (χ0v) is 16.0. The first-order valence-electron chi connectivity index (χ1n) is 8.84. The first kappa shape index (κ1) is 18.9. The smallest absolute Gasteiger partial charge is 0.396 e. The van der Waals surface area contributed by atoms with Gasteiger partial charge in [0.1, 0.15) is 0 Å². The number of hydrogen-bond donors (Lipinski definition) is 0. The van der Waals surface area contributed by atoms with Crippen LogP contribution in [-0.2, 0) is 4.74 Å². The van der Waals surface area contributed by atoms with Crippen LogP contribution in [0, 0.1) is 5.82 Å². The summed E-state index contributed by atoms with van der Waals surface area (Å²) in [5.41, 5.74) is 0. The molecule has 0 aliphatic heterocycles. The lowest BCUT2D eigenvalue weighted by molar-refractivity contribution is 0.0375. The minimum absolute atomic E-state index is 0.0176. The highest BCUT2D eigenvalue weighted by molar-refractivity contribution is 7.33. The van der Waals surface area contributed by atoms with Crippen molar-refractivity contribution in [2.45, 2.75) is 58.2 Å². The molecule has 1 aromatic heterocycles. The van der Waals surface area contributed by atoms with Crippen molar-refractivity contribution < 1.29 is 27.9 Å². The number of carbonyl (C=O) groups is 1. The second-order valence-electron chi connectivity index (χ2n) is 6.74. The molecular formula is C19H23FO5S. The van der Waals surface area contributed by atoms with Gasteiger partial charge in [0.2, 0.25) is 0 Å². The number of benzene rings is 1. The number of ether oxygens (including phenoxy) is 3. The summed E-state index contributed by atoms with van der Waals surface area (Å²) in [6.45, 7) is 3.43. The Labute approximate surface area is 154 Å². The molecule has 1 aliphatic carbocycles. The van der Waals surface area contributed by atoms with E-state index >= 15 is 0 Å². The Hall–Kier alpha value is -1.86. The molecule has 142 valence electrons. The van der Waals surface area contributed by atoms with E-state index < -0.39 is 22.5 Å². The summed E-state index contributed by atoms with van der Waals surface area (Å²) in [5, 5.41) is 0.433. The zero-order chi connectivity index (χ0) is 18.8. The summed E-state index contributed by atoms with van der Waals surface area (Å²) in [6.07, 6.45) is 4.58. The summed E-state index contributed by atoms with van der Waals surface area (Å²) in [7, 11) is -0.495. The van der Waals surface area contributed by atoms with Crippen LogP contribution in [0.4, 0.5) is 4.39 Å². The van der Waals surface area contributed by atoms with Crippen LogP contribution in [0.25, 0.3) is 10.1 Å². The minimum atomic E-state index is -1.85. The molecule has 1 aliphatic rings. The molecule has 0 spiro atoms. The Balaban J connectivity index is 2.13. The van der Waals surface area contributed by atoms with E-state index in [2.05, 4.69) is 0 Å². The van der Waals surface area contributed by atoms with Gasteiger partial charge in [-0.15, -0.1) is 0 Å². The number of methoxy groups -OCH3 is 1. The van der Waals surface area contributed by atoms with Crippen molar-refractivity contribution in [2.24, 2.45) is 0 Å². The molecule has 1 saturated carbocycles. The Morgan fingerprint density at radius 3 is 2.58 bits per heavy atom. The molecule has 1 unspecified atom stereocenters. The monoisotopic (exact) mass is 382 g/mol. The third-order valence-electron chi connectivity index (χ3n) is 4.45. The predicted octanol–water partition coefficient (Wildman–Crippen LogP) is 4.99. The molecule has 0 bridgehead atoms. The molecule has 0 amide bonds. The van der Waals surface area contributed by atoms with Crippen LogP contribution in [0.3, 0.4) is 0 Å². The Morgan fingerprint density at radius 1 is 1.27 bits per heavy atom. The molecule has 3 rings (SSSR count). The van der Waals surface area contributed by atoms with Crippen LogP contribution in [0.2, 0.25) is 0 Å². The van der Waals surface area contributed by atoms with Crippen LogP contribution < -0.4 is 9.47 Å². The van der Waals surface area contributed by atoms with Crippen molar-refractivity contribution in [3.63, 3.8) is 0 Å². The van der Waals surface area contributed by atoms with E-state index in [4.69, 9.17) is 14.2 Å². The first-order chi connectivity index (χ1) is 12.4. The van der Waals surface area contributed by atoms with Gasteiger partial charge in [0.15, 0.2) is 22.0 Å². The number of fused-ring (bicyclic) bond motifs is 1. The minimum Gasteiger partial charge on any atom is -0.589 e. The molecule has 0 saturated heterocycles. The Kier molecular flexibility index (Phi) is 5.67. The van der Waals surface area contributed by atoms with E-state index in [1.807, 2.05) is 0 Å². The Morgan fingerprint density at radius 2 is 1.96 bits per heavy atom. The van der Waals surface area contributed by atoms with E-state index in [1.54, 1.807) is 13.8 Å². The summed E-state index contributed by atoms with van der Waals surface area (Å²) in [5.74, 6) is -1.08. The molecular weight excluding hydrogens is 359 g/mol. The molecule has 0 radical (unpaired) electrons. The highest BCUT2D eigenvalue weighted by atomic mass is 32.2. The fraction of sp³-hybridized carbons (Fsp3) is 0.526. The van der Waals surface area contributed by atoms with Crippen molar-refractivity contribution in [1.82, 2.24) is 0 Å². The fourth-order valence-corrected chi connectivity index (χ4v) is 4.55. The van der Waals surface area contributed by atoms with Crippen molar-refractivity contribution in [1.29, 1.82) is 0 Å². The second-order valence-corrected chi connectivity index (χ2v) is 8.13.